The maximum absolute atomic E-state index is 12.6. The first kappa shape index (κ1) is 14.3. The van der Waals surface area contributed by atoms with Crippen molar-refractivity contribution in [3.05, 3.63) is 34.1 Å². The Bertz CT molecular complexity index is 637. The smallest absolute Gasteiger partial charge is 0.259 e. The highest BCUT2D eigenvalue weighted by molar-refractivity contribution is 9.09. The van der Waals surface area contributed by atoms with Crippen LogP contribution in [-0.4, -0.2) is 9.90 Å². The van der Waals surface area contributed by atoms with Crippen LogP contribution < -0.4 is 5.56 Å². The summed E-state index contributed by atoms with van der Waals surface area (Å²) < 4.78 is 3.03. The van der Waals surface area contributed by atoms with Gasteiger partial charge in [0.15, 0.2) is 0 Å². The summed E-state index contributed by atoms with van der Waals surface area (Å²) in [4.78, 5) is 12.6. The fourth-order valence-corrected chi connectivity index (χ4v) is 4.82. The molecule has 0 atom stereocenters. The third-order valence-electron chi connectivity index (χ3n) is 4.55. The Morgan fingerprint density at radius 2 is 1.95 bits per heavy atom. The third-order valence-corrected chi connectivity index (χ3v) is 6.62. The number of thiophene rings is 1. The molecule has 2 aromatic heterocycles. The SMILES string of the molecule is O=c1c2ccsc2ccn1CC1(CBr)CCCCCC1. The zero-order chi connectivity index (χ0) is 14.0. The van der Waals surface area contributed by atoms with E-state index in [0.717, 1.165) is 22.0 Å². The summed E-state index contributed by atoms with van der Waals surface area (Å²) >= 11 is 5.36. The molecular formula is C16H20BrNOS. The molecule has 0 aliphatic heterocycles. The van der Waals surface area contributed by atoms with Gasteiger partial charge in [0.2, 0.25) is 0 Å². The predicted molar refractivity (Wildman–Crippen MR) is 90.0 cm³/mol. The number of fused-ring (bicyclic) bond motifs is 1. The van der Waals surface area contributed by atoms with Crippen molar-refractivity contribution in [2.75, 3.05) is 5.33 Å². The van der Waals surface area contributed by atoms with E-state index in [4.69, 9.17) is 0 Å². The van der Waals surface area contributed by atoms with Crippen LogP contribution in [0, 0.1) is 5.41 Å². The van der Waals surface area contributed by atoms with Gasteiger partial charge >= 0.3 is 0 Å². The highest BCUT2D eigenvalue weighted by Gasteiger charge is 2.30. The van der Waals surface area contributed by atoms with Gasteiger partial charge < -0.3 is 4.57 Å². The zero-order valence-corrected chi connectivity index (χ0v) is 14.0. The standard InChI is InChI=1S/C16H20BrNOS/c17-11-16(7-3-1-2-4-8-16)12-18-9-5-14-13(15(18)19)6-10-20-14/h5-6,9-10H,1-4,7-8,11-12H2. The van der Waals surface area contributed by atoms with E-state index in [-0.39, 0.29) is 11.0 Å². The molecule has 0 aromatic carbocycles. The van der Waals surface area contributed by atoms with Crippen LogP contribution >= 0.6 is 27.3 Å². The number of nitrogens with zero attached hydrogens (tertiary/aromatic N) is 1. The van der Waals surface area contributed by atoms with E-state index in [1.54, 1.807) is 11.3 Å². The summed E-state index contributed by atoms with van der Waals surface area (Å²) in [5, 5.41) is 3.87. The second kappa shape index (κ2) is 6.02. The predicted octanol–water partition coefficient (Wildman–Crippen LogP) is 4.80. The average molecular weight is 354 g/mol. The topological polar surface area (TPSA) is 22.0 Å². The number of alkyl halides is 1. The van der Waals surface area contributed by atoms with Crippen molar-refractivity contribution >= 4 is 37.4 Å². The highest BCUT2D eigenvalue weighted by Crippen LogP contribution is 2.38. The summed E-state index contributed by atoms with van der Waals surface area (Å²) in [7, 11) is 0. The summed E-state index contributed by atoms with van der Waals surface area (Å²) in [5.74, 6) is 0. The van der Waals surface area contributed by atoms with Gasteiger partial charge in [-0.3, -0.25) is 4.79 Å². The number of aromatic nitrogens is 1. The molecule has 1 aliphatic rings. The lowest BCUT2D eigenvalue weighted by Crippen LogP contribution is -2.33. The Morgan fingerprint density at radius 3 is 2.65 bits per heavy atom. The molecule has 1 fully saturated rings. The van der Waals surface area contributed by atoms with Gasteiger partial charge in [0, 0.05) is 22.8 Å². The monoisotopic (exact) mass is 353 g/mol. The first-order chi connectivity index (χ1) is 9.74. The first-order valence-electron chi connectivity index (χ1n) is 7.37. The number of hydrogen-bond donors (Lipinski definition) is 0. The molecule has 20 heavy (non-hydrogen) atoms. The molecule has 108 valence electrons. The number of hydrogen-bond acceptors (Lipinski definition) is 2. The summed E-state index contributed by atoms with van der Waals surface area (Å²) in [6.45, 7) is 0.850. The number of halogens is 1. The van der Waals surface area contributed by atoms with Gasteiger partial charge in [-0.25, -0.2) is 0 Å². The van der Waals surface area contributed by atoms with Crippen LogP contribution in [0.5, 0.6) is 0 Å². The van der Waals surface area contributed by atoms with E-state index in [2.05, 4.69) is 22.0 Å². The molecular weight excluding hydrogens is 334 g/mol. The van der Waals surface area contributed by atoms with Crippen LogP contribution in [0.15, 0.2) is 28.5 Å². The molecule has 0 unspecified atom stereocenters. The highest BCUT2D eigenvalue weighted by atomic mass is 79.9. The van der Waals surface area contributed by atoms with Gasteiger partial charge in [0.25, 0.3) is 5.56 Å². The van der Waals surface area contributed by atoms with Crippen molar-refractivity contribution < 1.29 is 0 Å². The van der Waals surface area contributed by atoms with Gasteiger partial charge in [-0.15, -0.1) is 11.3 Å². The first-order valence-corrected chi connectivity index (χ1v) is 9.37. The minimum Gasteiger partial charge on any atom is -0.314 e. The van der Waals surface area contributed by atoms with E-state index in [9.17, 15) is 4.79 Å². The van der Waals surface area contributed by atoms with Gasteiger partial charge in [-0.1, -0.05) is 41.6 Å². The minimum absolute atomic E-state index is 0.174. The van der Waals surface area contributed by atoms with Crippen LogP contribution in [0.2, 0.25) is 0 Å². The maximum Gasteiger partial charge on any atom is 0.259 e. The van der Waals surface area contributed by atoms with E-state index in [1.807, 2.05) is 22.2 Å². The number of pyridine rings is 1. The lowest BCUT2D eigenvalue weighted by Gasteiger charge is -2.31. The van der Waals surface area contributed by atoms with Crippen molar-refractivity contribution in [2.24, 2.45) is 5.41 Å². The molecule has 2 heterocycles. The maximum atomic E-state index is 12.6. The van der Waals surface area contributed by atoms with Crippen molar-refractivity contribution in [2.45, 2.75) is 45.1 Å². The minimum atomic E-state index is 0.174. The molecule has 0 spiro atoms. The molecule has 0 amide bonds. The Labute approximate surface area is 131 Å². The van der Waals surface area contributed by atoms with E-state index in [1.165, 1.54) is 38.5 Å². The van der Waals surface area contributed by atoms with Gasteiger partial charge in [-0.2, -0.15) is 0 Å². The van der Waals surface area contributed by atoms with Gasteiger partial charge in [0.05, 0.1) is 5.39 Å². The van der Waals surface area contributed by atoms with Gasteiger partial charge in [0.1, 0.15) is 0 Å². The number of rotatable bonds is 3. The molecule has 0 radical (unpaired) electrons. The van der Waals surface area contributed by atoms with Gasteiger partial charge in [-0.05, 0) is 35.8 Å². The van der Waals surface area contributed by atoms with Crippen molar-refractivity contribution in [1.29, 1.82) is 0 Å². The molecule has 1 saturated carbocycles. The largest absolute Gasteiger partial charge is 0.314 e. The lowest BCUT2D eigenvalue weighted by molar-refractivity contribution is 0.240. The molecule has 1 aliphatic carbocycles. The fraction of sp³-hybridized carbons (Fsp3) is 0.562. The van der Waals surface area contributed by atoms with Crippen LogP contribution in [-0.2, 0) is 6.54 Å². The van der Waals surface area contributed by atoms with Crippen molar-refractivity contribution in [1.82, 2.24) is 4.57 Å². The normalized spacial score (nSPS) is 19.1. The van der Waals surface area contributed by atoms with E-state index < -0.39 is 0 Å². The van der Waals surface area contributed by atoms with Crippen molar-refractivity contribution in [3.8, 4) is 0 Å². The Hall–Kier alpha value is -0.610. The zero-order valence-electron chi connectivity index (χ0n) is 11.6. The summed E-state index contributed by atoms with van der Waals surface area (Å²) in [6, 6.07) is 4.03. The Kier molecular flexibility index (Phi) is 4.32. The van der Waals surface area contributed by atoms with E-state index >= 15 is 0 Å². The molecule has 0 bridgehead atoms. The Morgan fingerprint density at radius 1 is 1.20 bits per heavy atom. The average Bonchev–Trinajstić information content (AvgIpc) is 2.83. The molecule has 3 rings (SSSR count). The molecule has 2 nitrogen and oxygen atoms in total. The van der Waals surface area contributed by atoms with E-state index in [0.29, 0.717) is 0 Å². The fourth-order valence-electron chi connectivity index (χ4n) is 3.31. The lowest BCUT2D eigenvalue weighted by atomic mass is 9.82. The van der Waals surface area contributed by atoms with Crippen LogP contribution in [0.3, 0.4) is 0 Å². The molecule has 2 aromatic rings. The molecule has 0 N–H and O–H groups in total. The summed E-state index contributed by atoms with van der Waals surface area (Å²) in [6.07, 6.45) is 9.71. The second-order valence-corrected chi connectivity index (χ2v) is 7.50. The second-order valence-electron chi connectivity index (χ2n) is 6.00. The molecule has 0 saturated heterocycles. The molecule has 4 heteroatoms. The van der Waals surface area contributed by atoms with Crippen LogP contribution in [0.1, 0.15) is 38.5 Å². The van der Waals surface area contributed by atoms with Crippen LogP contribution in [0.25, 0.3) is 10.1 Å². The Balaban J connectivity index is 1.94. The third kappa shape index (κ3) is 2.73. The summed E-state index contributed by atoms with van der Waals surface area (Å²) in [5.41, 5.74) is 0.428. The van der Waals surface area contributed by atoms with Crippen LogP contribution in [0.4, 0.5) is 0 Å². The quantitative estimate of drug-likeness (QED) is 0.573. The van der Waals surface area contributed by atoms with Crippen molar-refractivity contribution in [3.63, 3.8) is 0 Å².